The van der Waals surface area contributed by atoms with Crippen molar-refractivity contribution >= 4 is 8.80 Å². The van der Waals surface area contributed by atoms with Gasteiger partial charge < -0.3 is 18.0 Å². The van der Waals surface area contributed by atoms with Gasteiger partial charge in [-0.15, -0.1) is 0 Å². The summed E-state index contributed by atoms with van der Waals surface area (Å²) in [6.45, 7) is 9.86. The predicted octanol–water partition coefficient (Wildman–Crippen LogP) is 3.59. The molecule has 0 N–H and O–H groups in total. The summed E-state index contributed by atoms with van der Waals surface area (Å²) in [5, 5.41) is 0. The molecule has 0 amide bonds. The van der Waals surface area contributed by atoms with Crippen molar-refractivity contribution in [1.29, 1.82) is 0 Å². The summed E-state index contributed by atoms with van der Waals surface area (Å²) < 4.78 is 23.0. The fraction of sp³-hybridized carbons (Fsp3) is 0.625. The fourth-order valence-electron chi connectivity index (χ4n) is 2.39. The van der Waals surface area contributed by atoms with Crippen molar-refractivity contribution in [1.82, 2.24) is 0 Å². The topological polar surface area (TPSA) is 36.9 Å². The van der Waals surface area contributed by atoms with E-state index in [1.807, 2.05) is 26.8 Å². The Bertz CT molecular complexity index is 406. The molecule has 0 saturated carbocycles. The zero-order valence-corrected chi connectivity index (χ0v) is 14.9. The zero-order chi connectivity index (χ0) is 15.7. The molecule has 4 nitrogen and oxygen atoms in total. The van der Waals surface area contributed by atoms with Gasteiger partial charge in [-0.2, -0.15) is 0 Å². The molecule has 0 unspecified atom stereocenters. The van der Waals surface area contributed by atoms with Crippen LogP contribution in [0.1, 0.15) is 31.9 Å². The van der Waals surface area contributed by atoms with Crippen molar-refractivity contribution in [2.45, 2.75) is 40.2 Å². The standard InChI is InChI=1S/C16H28O4Si/c1-6-18-21(19-7-2,20-8-3)10-9-15-11-14(4)12-16(13-15)17-5/h11-13H,6-10H2,1-5H3. The third-order valence-electron chi connectivity index (χ3n) is 3.16. The first-order valence-corrected chi connectivity index (χ1v) is 9.58. The maximum atomic E-state index is 5.88. The molecule has 0 bridgehead atoms. The molecular weight excluding hydrogens is 284 g/mol. The van der Waals surface area contributed by atoms with Gasteiger partial charge in [0.1, 0.15) is 5.75 Å². The van der Waals surface area contributed by atoms with Crippen LogP contribution in [0.3, 0.4) is 0 Å². The van der Waals surface area contributed by atoms with E-state index in [1.54, 1.807) is 7.11 Å². The Morgan fingerprint density at radius 3 is 1.95 bits per heavy atom. The molecule has 0 fully saturated rings. The van der Waals surface area contributed by atoms with Crippen LogP contribution in [0.4, 0.5) is 0 Å². The van der Waals surface area contributed by atoms with Crippen LogP contribution in [-0.2, 0) is 19.7 Å². The first kappa shape index (κ1) is 18.2. The Labute approximate surface area is 129 Å². The minimum absolute atomic E-state index is 0.614. The Morgan fingerprint density at radius 2 is 1.48 bits per heavy atom. The van der Waals surface area contributed by atoms with Crippen molar-refractivity contribution in [2.75, 3.05) is 26.9 Å². The van der Waals surface area contributed by atoms with E-state index in [2.05, 4.69) is 19.1 Å². The third kappa shape index (κ3) is 5.78. The van der Waals surface area contributed by atoms with Crippen LogP contribution in [0, 0.1) is 6.92 Å². The lowest BCUT2D eigenvalue weighted by atomic mass is 10.1. The second-order valence-electron chi connectivity index (χ2n) is 4.84. The molecule has 0 aliphatic heterocycles. The molecule has 0 spiro atoms. The van der Waals surface area contributed by atoms with Gasteiger partial charge >= 0.3 is 8.80 Å². The van der Waals surface area contributed by atoms with Gasteiger partial charge in [0.25, 0.3) is 0 Å². The minimum atomic E-state index is -2.56. The number of hydrogen-bond acceptors (Lipinski definition) is 4. The molecule has 120 valence electrons. The van der Waals surface area contributed by atoms with Gasteiger partial charge in [-0.1, -0.05) is 6.07 Å². The van der Waals surface area contributed by atoms with Crippen LogP contribution in [-0.4, -0.2) is 35.7 Å². The lowest BCUT2D eigenvalue weighted by molar-refractivity contribution is 0.0714. The molecule has 1 rings (SSSR count). The Morgan fingerprint density at radius 1 is 0.905 bits per heavy atom. The zero-order valence-electron chi connectivity index (χ0n) is 13.9. The van der Waals surface area contributed by atoms with Gasteiger partial charge in [-0.05, 0) is 57.4 Å². The largest absolute Gasteiger partial charge is 0.501 e. The van der Waals surface area contributed by atoms with Crippen LogP contribution in [0.25, 0.3) is 0 Å². The molecule has 1 aromatic rings. The quantitative estimate of drug-likeness (QED) is 0.619. The molecule has 5 heteroatoms. The van der Waals surface area contributed by atoms with E-state index in [9.17, 15) is 0 Å². The van der Waals surface area contributed by atoms with Gasteiger partial charge in [-0.25, -0.2) is 0 Å². The van der Waals surface area contributed by atoms with Crippen molar-refractivity contribution < 1.29 is 18.0 Å². The first-order chi connectivity index (χ1) is 10.1. The second kappa shape index (κ2) is 9.20. The average molecular weight is 312 g/mol. The number of ether oxygens (including phenoxy) is 1. The Kier molecular flexibility index (Phi) is 7.96. The molecule has 1 aromatic carbocycles. The monoisotopic (exact) mass is 312 g/mol. The van der Waals surface area contributed by atoms with E-state index in [1.165, 1.54) is 11.1 Å². The Balaban J connectivity index is 2.81. The van der Waals surface area contributed by atoms with E-state index in [0.717, 1.165) is 18.2 Å². The van der Waals surface area contributed by atoms with Crippen LogP contribution >= 0.6 is 0 Å². The van der Waals surface area contributed by atoms with E-state index in [-0.39, 0.29) is 0 Å². The van der Waals surface area contributed by atoms with E-state index >= 15 is 0 Å². The SMILES string of the molecule is CCO[Si](CCc1cc(C)cc(OC)c1)(OCC)OCC. The highest BCUT2D eigenvalue weighted by molar-refractivity contribution is 6.60. The van der Waals surface area contributed by atoms with Gasteiger partial charge in [0, 0.05) is 25.9 Å². The highest BCUT2D eigenvalue weighted by atomic mass is 28.4. The molecule has 0 aliphatic carbocycles. The van der Waals surface area contributed by atoms with E-state index in [0.29, 0.717) is 19.8 Å². The molecule has 0 saturated heterocycles. The maximum Gasteiger partial charge on any atom is 0.501 e. The van der Waals surface area contributed by atoms with Crippen LogP contribution < -0.4 is 4.74 Å². The fourth-order valence-corrected chi connectivity index (χ4v) is 4.98. The lowest BCUT2D eigenvalue weighted by Gasteiger charge is -2.28. The normalized spacial score (nSPS) is 11.7. The lowest BCUT2D eigenvalue weighted by Crippen LogP contribution is -2.46. The number of aryl methyl sites for hydroxylation is 2. The number of benzene rings is 1. The average Bonchev–Trinajstić information content (AvgIpc) is 2.45. The number of rotatable bonds is 10. The van der Waals surface area contributed by atoms with Crippen LogP contribution in [0.5, 0.6) is 5.75 Å². The summed E-state index contributed by atoms with van der Waals surface area (Å²) >= 11 is 0. The summed E-state index contributed by atoms with van der Waals surface area (Å²) in [5.74, 6) is 0.890. The molecular formula is C16H28O4Si. The summed E-state index contributed by atoms with van der Waals surface area (Å²) in [4.78, 5) is 0. The number of hydrogen-bond donors (Lipinski definition) is 0. The second-order valence-corrected chi connectivity index (χ2v) is 7.57. The van der Waals surface area contributed by atoms with Crippen molar-refractivity contribution in [3.05, 3.63) is 29.3 Å². The molecule has 0 aromatic heterocycles. The molecule has 0 aliphatic rings. The highest BCUT2D eigenvalue weighted by Crippen LogP contribution is 2.22. The maximum absolute atomic E-state index is 5.88. The summed E-state index contributed by atoms with van der Waals surface area (Å²) in [6.07, 6.45) is 0.865. The van der Waals surface area contributed by atoms with Crippen LogP contribution in [0.2, 0.25) is 6.04 Å². The van der Waals surface area contributed by atoms with E-state index in [4.69, 9.17) is 18.0 Å². The Hall–Kier alpha value is -0.883. The minimum Gasteiger partial charge on any atom is -0.497 e. The van der Waals surface area contributed by atoms with Crippen molar-refractivity contribution in [3.8, 4) is 5.75 Å². The third-order valence-corrected chi connectivity index (χ3v) is 6.21. The van der Waals surface area contributed by atoms with Crippen molar-refractivity contribution in [2.24, 2.45) is 0 Å². The first-order valence-electron chi connectivity index (χ1n) is 7.65. The van der Waals surface area contributed by atoms with Crippen LogP contribution in [0.15, 0.2) is 18.2 Å². The molecule has 0 atom stereocenters. The van der Waals surface area contributed by atoms with Gasteiger partial charge in [0.2, 0.25) is 0 Å². The van der Waals surface area contributed by atoms with Gasteiger partial charge in [-0.3, -0.25) is 0 Å². The van der Waals surface area contributed by atoms with Gasteiger partial charge in [0.15, 0.2) is 0 Å². The summed E-state index contributed by atoms with van der Waals surface area (Å²) in [7, 11) is -0.871. The summed E-state index contributed by atoms with van der Waals surface area (Å²) in [6, 6.07) is 7.05. The van der Waals surface area contributed by atoms with E-state index < -0.39 is 8.80 Å². The van der Waals surface area contributed by atoms with Gasteiger partial charge in [0.05, 0.1) is 7.11 Å². The molecule has 0 heterocycles. The summed E-state index contributed by atoms with van der Waals surface area (Å²) in [5.41, 5.74) is 2.42. The van der Waals surface area contributed by atoms with Crippen molar-refractivity contribution in [3.63, 3.8) is 0 Å². The molecule has 21 heavy (non-hydrogen) atoms. The number of methoxy groups -OCH3 is 1. The predicted molar refractivity (Wildman–Crippen MR) is 86.9 cm³/mol. The highest BCUT2D eigenvalue weighted by Gasteiger charge is 2.39. The molecule has 0 radical (unpaired) electrons. The smallest absolute Gasteiger partial charge is 0.497 e.